The summed E-state index contributed by atoms with van der Waals surface area (Å²) in [5, 5.41) is 9.24. The highest BCUT2D eigenvalue weighted by Crippen LogP contribution is 2.18. The number of methoxy groups -OCH3 is 1. The van der Waals surface area contributed by atoms with Crippen molar-refractivity contribution >= 4 is 23.2 Å². The van der Waals surface area contributed by atoms with E-state index in [2.05, 4.69) is 39.6 Å². The van der Waals surface area contributed by atoms with E-state index < -0.39 is 6.04 Å². The second-order valence-electron chi connectivity index (χ2n) is 11.5. The van der Waals surface area contributed by atoms with E-state index in [1.165, 1.54) is 0 Å². The van der Waals surface area contributed by atoms with Crippen molar-refractivity contribution in [1.29, 1.82) is 0 Å². The fourth-order valence-corrected chi connectivity index (χ4v) is 4.67. The highest BCUT2D eigenvalue weighted by molar-refractivity contribution is 5.97. The first-order chi connectivity index (χ1) is 19.7. The minimum Gasteiger partial charge on any atom is -0.493 e. The van der Waals surface area contributed by atoms with Gasteiger partial charge < -0.3 is 30.3 Å². The zero-order valence-corrected chi connectivity index (χ0v) is 25.4. The number of carbonyl (C=O) groups is 2. The molecule has 1 atom stereocenters. The van der Waals surface area contributed by atoms with Crippen LogP contribution in [0.3, 0.4) is 0 Å². The van der Waals surface area contributed by atoms with E-state index in [4.69, 9.17) is 9.47 Å². The molecule has 3 N–H and O–H groups in total. The summed E-state index contributed by atoms with van der Waals surface area (Å²) in [6, 6.07) is 14.9. The van der Waals surface area contributed by atoms with Crippen molar-refractivity contribution in [3.8, 4) is 5.75 Å². The Hall–Kier alpha value is -3.30. The summed E-state index contributed by atoms with van der Waals surface area (Å²) in [7, 11) is 1.73. The molecule has 1 saturated heterocycles. The van der Waals surface area contributed by atoms with Gasteiger partial charge in [0.15, 0.2) is 0 Å². The van der Waals surface area contributed by atoms with E-state index >= 15 is 0 Å². The molecular formula is C32H49N5O4. The summed E-state index contributed by atoms with van der Waals surface area (Å²) >= 11 is 0. The number of piperazine rings is 1. The minimum absolute atomic E-state index is 0.172. The molecule has 1 aliphatic heterocycles. The molecule has 1 heterocycles. The standard InChI is InChI=1S/C32H49N5O4/c1-24(2)22-30(32(39)34-15-14-33-27-8-12-29(13-9-27)41-23-25(3)4)35-31(38)26-6-10-28(11-7-26)37-18-16-36(17-19-37)20-21-40-5/h6-13,24-25,30,33H,14-23H2,1-5H3,(H,34,39)(H,35,38)/t30-/m0/s1. The Labute approximate surface area is 246 Å². The first-order valence-electron chi connectivity index (χ1n) is 14.9. The van der Waals surface area contributed by atoms with Crippen molar-refractivity contribution in [2.45, 2.75) is 40.2 Å². The Morgan fingerprint density at radius 1 is 0.878 bits per heavy atom. The molecule has 1 aliphatic rings. The Morgan fingerprint density at radius 2 is 1.56 bits per heavy atom. The number of carbonyl (C=O) groups excluding carboxylic acids is 2. The lowest BCUT2D eigenvalue weighted by atomic mass is 10.0. The van der Waals surface area contributed by atoms with E-state index in [9.17, 15) is 9.59 Å². The van der Waals surface area contributed by atoms with Crippen LogP contribution in [0.2, 0.25) is 0 Å². The largest absolute Gasteiger partial charge is 0.493 e. The second kappa shape index (κ2) is 16.8. The van der Waals surface area contributed by atoms with E-state index in [0.717, 1.165) is 56.5 Å². The number of benzene rings is 2. The van der Waals surface area contributed by atoms with Crippen LogP contribution in [0.1, 0.15) is 44.5 Å². The normalized spacial score (nSPS) is 14.7. The molecule has 41 heavy (non-hydrogen) atoms. The Kier molecular flexibility index (Phi) is 13.2. The Bertz CT molecular complexity index is 1050. The average molecular weight is 568 g/mol. The number of rotatable bonds is 16. The average Bonchev–Trinajstić information content (AvgIpc) is 2.97. The van der Waals surface area contributed by atoms with Gasteiger partial charge >= 0.3 is 0 Å². The predicted octanol–water partition coefficient (Wildman–Crippen LogP) is 3.86. The maximum Gasteiger partial charge on any atom is 0.251 e. The molecule has 9 nitrogen and oxygen atoms in total. The second-order valence-corrected chi connectivity index (χ2v) is 11.5. The van der Waals surface area contributed by atoms with Crippen LogP contribution >= 0.6 is 0 Å². The zero-order valence-electron chi connectivity index (χ0n) is 25.4. The quantitative estimate of drug-likeness (QED) is 0.265. The molecule has 0 spiro atoms. The number of hydrogen-bond acceptors (Lipinski definition) is 7. The van der Waals surface area contributed by atoms with Crippen LogP contribution in [0.4, 0.5) is 11.4 Å². The van der Waals surface area contributed by atoms with Crippen molar-refractivity contribution in [3.63, 3.8) is 0 Å². The van der Waals surface area contributed by atoms with Crippen LogP contribution in [0.25, 0.3) is 0 Å². The smallest absolute Gasteiger partial charge is 0.251 e. The Morgan fingerprint density at radius 3 is 2.17 bits per heavy atom. The summed E-state index contributed by atoms with van der Waals surface area (Å²) in [5.41, 5.74) is 2.62. The SMILES string of the molecule is COCCN1CCN(c2ccc(C(=O)N[C@@H](CC(C)C)C(=O)NCCNc3ccc(OCC(C)C)cc3)cc2)CC1. The van der Waals surface area contributed by atoms with Crippen LogP contribution in [0, 0.1) is 11.8 Å². The van der Waals surface area contributed by atoms with Crippen molar-refractivity contribution in [2.24, 2.45) is 11.8 Å². The van der Waals surface area contributed by atoms with Gasteiger partial charge in [-0.3, -0.25) is 14.5 Å². The highest BCUT2D eigenvalue weighted by atomic mass is 16.5. The minimum atomic E-state index is -0.597. The van der Waals surface area contributed by atoms with Gasteiger partial charge in [0.05, 0.1) is 13.2 Å². The summed E-state index contributed by atoms with van der Waals surface area (Å²) in [5.74, 6) is 1.17. The number of nitrogens with one attached hydrogen (secondary N) is 3. The number of hydrogen-bond donors (Lipinski definition) is 3. The lowest BCUT2D eigenvalue weighted by molar-refractivity contribution is -0.123. The first-order valence-corrected chi connectivity index (χ1v) is 14.9. The van der Waals surface area contributed by atoms with Gasteiger partial charge in [0, 0.05) is 69.9 Å². The number of amides is 2. The van der Waals surface area contributed by atoms with Crippen LogP contribution in [0.5, 0.6) is 5.75 Å². The molecule has 1 fully saturated rings. The number of anilines is 2. The van der Waals surface area contributed by atoms with Gasteiger partial charge in [-0.25, -0.2) is 0 Å². The van der Waals surface area contributed by atoms with Gasteiger partial charge in [0.1, 0.15) is 11.8 Å². The van der Waals surface area contributed by atoms with Crippen molar-refractivity contribution in [1.82, 2.24) is 15.5 Å². The van der Waals surface area contributed by atoms with Gasteiger partial charge in [-0.15, -0.1) is 0 Å². The molecule has 0 aromatic heterocycles. The van der Waals surface area contributed by atoms with Crippen LogP contribution < -0.4 is 25.6 Å². The molecule has 226 valence electrons. The summed E-state index contributed by atoms with van der Waals surface area (Å²) in [6.07, 6.45) is 0.564. The lowest BCUT2D eigenvalue weighted by Gasteiger charge is -2.36. The highest BCUT2D eigenvalue weighted by Gasteiger charge is 2.23. The molecule has 9 heteroatoms. The lowest BCUT2D eigenvalue weighted by Crippen LogP contribution is -2.48. The third-order valence-electron chi connectivity index (χ3n) is 7.00. The van der Waals surface area contributed by atoms with Crippen LogP contribution in [-0.2, 0) is 9.53 Å². The number of ether oxygens (including phenoxy) is 2. The van der Waals surface area contributed by atoms with Crippen molar-refractivity contribution in [2.75, 3.05) is 76.4 Å². The van der Waals surface area contributed by atoms with Crippen LogP contribution in [0.15, 0.2) is 48.5 Å². The summed E-state index contributed by atoms with van der Waals surface area (Å²) in [6.45, 7) is 15.6. The van der Waals surface area contributed by atoms with Gasteiger partial charge in [-0.2, -0.15) is 0 Å². The molecule has 0 unspecified atom stereocenters. The van der Waals surface area contributed by atoms with Gasteiger partial charge in [-0.1, -0.05) is 27.7 Å². The van der Waals surface area contributed by atoms with E-state index in [0.29, 0.717) is 37.6 Å². The van der Waals surface area contributed by atoms with Gasteiger partial charge in [-0.05, 0) is 66.8 Å². The van der Waals surface area contributed by atoms with Crippen molar-refractivity contribution in [3.05, 3.63) is 54.1 Å². The zero-order chi connectivity index (χ0) is 29.6. The molecule has 2 aromatic rings. The summed E-state index contributed by atoms with van der Waals surface area (Å²) < 4.78 is 10.9. The third-order valence-corrected chi connectivity index (χ3v) is 7.00. The molecule has 2 amide bonds. The fraction of sp³-hybridized carbons (Fsp3) is 0.562. The first kappa shape index (κ1) is 32.2. The number of nitrogens with zero attached hydrogens (tertiary/aromatic N) is 2. The topological polar surface area (TPSA) is 95.2 Å². The fourth-order valence-electron chi connectivity index (χ4n) is 4.67. The molecular weight excluding hydrogens is 518 g/mol. The molecule has 3 rings (SSSR count). The maximum atomic E-state index is 13.1. The predicted molar refractivity (Wildman–Crippen MR) is 166 cm³/mol. The molecule has 2 aromatic carbocycles. The van der Waals surface area contributed by atoms with E-state index in [1.807, 2.05) is 62.4 Å². The van der Waals surface area contributed by atoms with Gasteiger partial charge in [0.25, 0.3) is 5.91 Å². The third kappa shape index (κ3) is 11.2. The maximum absolute atomic E-state index is 13.1. The van der Waals surface area contributed by atoms with Crippen LogP contribution in [-0.4, -0.2) is 88.9 Å². The van der Waals surface area contributed by atoms with Crippen molar-refractivity contribution < 1.29 is 19.1 Å². The Balaban J connectivity index is 1.45. The molecule has 0 radical (unpaired) electrons. The van der Waals surface area contributed by atoms with E-state index in [-0.39, 0.29) is 17.7 Å². The summed E-state index contributed by atoms with van der Waals surface area (Å²) in [4.78, 5) is 30.8. The molecule has 0 aliphatic carbocycles. The van der Waals surface area contributed by atoms with Gasteiger partial charge in [0.2, 0.25) is 5.91 Å². The molecule has 0 saturated carbocycles. The monoisotopic (exact) mass is 567 g/mol. The van der Waals surface area contributed by atoms with E-state index in [1.54, 1.807) is 7.11 Å². The molecule has 0 bridgehead atoms.